The van der Waals surface area contributed by atoms with Crippen LogP contribution in [0.3, 0.4) is 0 Å². The Morgan fingerprint density at radius 2 is 2.38 bits per heavy atom. The van der Waals surface area contributed by atoms with Gasteiger partial charge in [-0.3, -0.25) is 0 Å². The van der Waals surface area contributed by atoms with Crippen molar-refractivity contribution in [3.63, 3.8) is 0 Å². The first-order valence-corrected chi connectivity index (χ1v) is 5.47. The minimum Gasteiger partial charge on any atom is -0.468 e. The second-order valence-electron chi connectivity index (χ2n) is 2.53. The normalized spacial score (nSPS) is 10.5. The van der Waals surface area contributed by atoms with Crippen LogP contribution in [0.15, 0.2) is 22.8 Å². The Labute approximate surface area is 82.6 Å². The van der Waals surface area contributed by atoms with Gasteiger partial charge in [0.15, 0.2) is 0 Å². The summed E-state index contributed by atoms with van der Waals surface area (Å²) in [5.41, 5.74) is 5.27. The Balaban J connectivity index is 1.90. The van der Waals surface area contributed by atoms with E-state index in [0.717, 1.165) is 23.9 Å². The summed E-state index contributed by atoms with van der Waals surface area (Å²) in [4.78, 5) is 0. The number of rotatable bonds is 7. The number of ether oxygens (including phenoxy) is 1. The molecule has 0 aliphatic rings. The van der Waals surface area contributed by atoms with E-state index in [1.165, 1.54) is 0 Å². The summed E-state index contributed by atoms with van der Waals surface area (Å²) in [6.07, 6.45) is 1.70. The second kappa shape index (κ2) is 7.00. The first-order valence-electron chi connectivity index (χ1n) is 4.31. The van der Waals surface area contributed by atoms with Crippen LogP contribution in [0, 0.1) is 0 Å². The average Bonchev–Trinajstić information content (AvgIpc) is 2.63. The lowest BCUT2D eigenvalue weighted by atomic mass is 10.5. The summed E-state index contributed by atoms with van der Waals surface area (Å²) in [7, 11) is 0. The summed E-state index contributed by atoms with van der Waals surface area (Å²) in [5.74, 6) is 2.92. The van der Waals surface area contributed by atoms with Gasteiger partial charge in [0.1, 0.15) is 5.76 Å². The van der Waals surface area contributed by atoms with Crippen LogP contribution in [0.1, 0.15) is 5.76 Å². The van der Waals surface area contributed by atoms with E-state index in [2.05, 4.69) is 0 Å². The lowest BCUT2D eigenvalue weighted by molar-refractivity contribution is 0.158. The van der Waals surface area contributed by atoms with Crippen molar-refractivity contribution in [1.29, 1.82) is 0 Å². The molecule has 0 fully saturated rings. The Bertz CT molecular complexity index is 201. The van der Waals surface area contributed by atoms with Gasteiger partial charge in [-0.1, -0.05) is 0 Å². The number of hydrogen-bond acceptors (Lipinski definition) is 4. The van der Waals surface area contributed by atoms with Crippen molar-refractivity contribution in [2.75, 3.05) is 25.5 Å². The molecule has 0 aliphatic heterocycles. The summed E-state index contributed by atoms with van der Waals surface area (Å²) >= 11 is 1.80. The van der Waals surface area contributed by atoms with E-state index >= 15 is 0 Å². The number of furan rings is 1. The van der Waals surface area contributed by atoms with Crippen molar-refractivity contribution in [1.82, 2.24) is 0 Å². The van der Waals surface area contributed by atoms with Crippen molar-refractivity contribution in [3.05, 3.63) is 24.2 Å². The van der Waals surface area contributed by atoms with E-state index in [0.29, 0.717) is 13.2 Å². The van der Waals surface area contributed by atoms with Crippen molar-refractivity contribution >= 4 is 11.8 Å². The first-order chi connectivity index (χ1) is 6.43. The van der Waals surface area contributed by atoms with Crippen LogP contribution >= 0.6 is 11.8 Å². The molecule has 1 rings (SSSR count). The van der Waals surface area contributed by atoms with Gasteiger partial charge < -0.3 is 14.9 Å². The first kappa shape index (κ1) is 10.6. The third kappa shape index (κ3) is 4.98. The Kier molecular flexibility index (Phi) is 5.73. The predicted molar refractivity (Wildman–Crippen MR) is 54.7 cm³/mol. The number of thioether (sulfide) groups is 1. The molecule has 2 N–H and O–H groups in total. The molecule has 74 valence electrons. The van der Waals surface area contributed by atoms with Crippen LogP contribution in [0.25, 0.3) is 0 Å². The molecule has 1 heterocycles. The van der Waals surface area contributed by atoms with E-state index in [1.54, 1.807) is 18.0 Å². The SMILES string of the molecule is NCCOCCSCc1ccco1. The third-order valence-corrected chi connectivity index (χ3v) is 2.40. The molecule has 13 heavy (non-hydrogen) atoms. The molecule has 1 aromatic heterocycles. The maximum Gasteiger partial charge on any atom is 0.113 e. The standard InChI is InChI=1S/C9H15NO2S/c10-3-5-11-6-7-13-8-9-2-1-4-12-9/h1-2,4H,3,5-8,10H2. The highest BCUT2D eigenvalue weighted by atomic mass is 32.2. The van der Waals surface area contributed by atoms with Gasteiger partial charge in [0, 0.05) is 12.3 Å². The van der Waals surface area contributed by atoms with Gasteiger partial charge in [0.25, 0.3) is 0 Å². The highest BCUT2D eigenvalue weighted by Crippen LogP contribution is 2.11. The van der Waals surface area contributed by atoms with Crippen LogP contribution in [0.4, 0.5) is 0 Å². The predicted octanol–water partition coefficient (Wildman–Crippen LogP) is 1.49. The van der Waals surface area contributed by atoms with Crippen LogP contribution in [-0.4, -0.2) is 25.5 Å². The van der Waals surface area contributed by atoms with E-state index in [4.69, 9.17) is 14.9 Å². The molecule has 4 heteroatoms. The molecule has 0 unspecified atom stereocenters. The minimum atomic E-state index is 0.600. The highest BCUT2D eigenvalue weighted by molar-refractivity contribution is 7.98. The largest absolute Gasteiger partial charge is 0.468 e. The van der Waals surface area contributed by atoms with E-state index in [-0.39, 0.29) is 0 Å². The van der Waals surface area contributed by atoms with Crippen molar-refractivity contribution < 1.29 is 9.15 Å². The maximum absolute atomic E-state index is 5.27. The van der Waals surface area contributed by atoms with E-state index in [1.807, 2.05) is 12.1 Å². The summed E-state index contributed by atoms with van der Waals surface area (Å²) < 4.78 is 10.4. The molecule has 0 aliphatic carbocycles. The van der Waals surface area contributed by atoms with Crippen LogP contribution in [0.2, 0.25) is 0 Å². The quantitative estimate of drug-likeness (QED) is 0.679. The minimum absolute atomic E-state index is 0.600. The maximum atomic E-state index is 5.27. The van der Waals surface area contributed by atoms with Gasteiger partial charge in [-0.2, -0.15) is 11.8 Å². The molecule has 0 amide bonds. The van der Waals surface area contributed by atoms with Crippen molar-refractivity contribution in [2.24, 2.45) is 5.73 Å². The van der Waals surface area contributed by atoms with Crippen molar-refractivity contribution in [3.8, 4) is 0 Å². The molecule has 0 saturated carbocycles. The van der Waals surface area contributed by atoms with Crippen LogP contribution in [0.5, 0.6) is 0 Å². The zero-order valence-corrected chi connectivity index (χ0v) is 8.39. The number of hydrogen-bond donors (Lipinski definition) is 1. The Morgan fingerprint density at radius 1 is 1.46 bits per heavy atom. The Morgan fingerprint density at radius 3 is 3.08 bits per heavy atom. The molecule has 0 atom stereocenters. The summed E-state index contributed by atoms with van der Waals surface area (Å²) in [6.45, 7) is 2.02. The molecule has 0 radical (unpaired) electrons. The number of nitrogens with two attached hydrogens (primary N) is 1. The van der Waals surface area contributed by atoms with E-state index in [9.17, 15) is 0 Å². The van der Waals surface area contributed by atoms with Gasteiger partial charge in [0.2, 0.25) is 0 Å². The van der Waals surface area contributed by atoms with E-state index < -0.39 is 0 Å². The van der Waals surface area contributed by atoms with Crippen LogP contribution in [-0.2, 0) is 10.5 Å². The molecule has 0 aromatic carbocycles. The molecule has 1 aromatic rings. The average molecular weight is 201 g/mol. The fraction of sp³-hybridized carbons (Fsp3) is 0.556. The summed E-state index contributed by atoms with van der Waals surface area (Å²) in [5, 5.41) is 0. The fourth-order valence-corrected chi connectivity index (χ4v) is 1.62. The molecule has 3 nitrogen and oxygen atoms in total. The molecule has 0 saturated heterocycles. The summed E-state index contributed by atoms with van der Waals surface area (Å²) in [6, 6.07) is 3.88. The van der Waals surface area contributed by atoms with Gasteiger partial charge >= 0.3 is 0 Å². The molecular weight excluding hydrogens is 186 g/mol. The van der Waals surface area contributed by atoms with Gasteiger partial charge in [-0.25, -0.2) is 0 Å². The zero-order valence-electron chi connectivity index (χ0n) is 7.57. The fourth-order valence-electron chi connectivity index (χ4n) is 0.871. The monoisotopic (exact) mass is 201 g/mol. The smallest absolute Gasteiger partial charge is 0.113 e. The highest BCUT2D eigenvalue weighted by Gasteiger charge is 1.95. The topological polar surface area (TPSA) is 48.4 Å². The molecule has 0 spiro atoms. The van der Waals surface area contributed by atoms with Crippen molar-refractivity contribution in [2.45, 2.75) is 5.75 Å². The lowest BCUT2D eigenvalue weighted by Crippen LogP contribution is -2.09. The van der Waals surface area contributed by atoms with Gasteiger partial charge in [-0.15, -0.1) is 0 Å². The zero-order chi connectivity index (χ0) is 9.36. The molecule has 0 bridgehead atoms. The van der Waals surface area contributed by atoms with Crippen LogP contribution < -0.4 is 5.73 Å². The molecular formula is C9H15NO2S. The van der Waals surface area contributed by atoms with Gasteiger partial charge in [-0.05, 0) is 12.1 Å². The van der Waals surface area contributed by atoms with Gasteiger partial charge in [0.05, 0.1) is 25.2 Å². The second-order valence-corrected chi connectivity index (χ2v) is 3.64. The Hall–Kier alpha value is -0.450. The third-order valence-electron chi connectivity index (χ3n) is 1.46. The lowest BCUT2D eigenvalue weighted by Gasteiger charge is -2.00.